The summed E-state index contributed by atoms with van der Waals surface area (Å²) in [6.07, 6.45) is -16.7. The quantitative estimate of drug-likeness (QED) is 0.186. The van der Waals surface area contributed by atoms with Gasteiger partial charge in [0.1, 0.15) is 6.10 Å². The molecule has 0 aromatic rings. The van der Waals surface area contributed by atoms with Crippen LogP contribution in [0.25, 0.3) is 0 Å². The standard InChI is InChI=1S/C27H36O19/c1-10(28)38-18-17(45-27(44-16(7)34)24(43-15(6)33)19(18)39-11(2)29)9-37-26-23(42-14(5)32)21(41-13(4)31)20(40-12(3)30)22(46-26)25(35)36-8/h17-24,26-27H,9H2,1-8H3/t17-,18+,19+,20+,21+,22+,23-,24-,26-,27?/m1/s1. The number of ether oxygens (including phenoxy) is 11. The van der Waals surface area contributed by atoms with Gasteiger partial charge in [0.25, 0.3) is 0 Å². The highest BCUT2D eigenvalue weighted by atomic mass is 16.8. The molecule has 258 valence electrons. The molecule has 2 saturated heterocycles. The fourth-order valence-corrected chi connectivity index (χ4v) is 4.65. The van der Waals surface area contributed by atoms with Crippen LogP contribution >= 0.6 is 0 Å². The normalized spacial score (nSPS) is 30.4. The van der Waals surface area contributed by atoms with Crippen LogP contribution in [0.15, 0.2) is 0 Å². The number of carbonyl (C=O) groups excluding carboxylic acids is 8. The van der Waals surface area contributed by atoms with Gasteiger partial charge in [0.05, 0.1) is 13.7 Å². The van der Waals surface area contributed by atoms with Gasteiger partial charge in [-0.2, -0.15) is 0 Å². The predicted molar refractivity (Wildman–Crippen MR) is 140 cm³/mol. The van der Waals surface area contributed by atoms with E-state index in [4.69, 9.17) is 52.1 Å². The average molecular weight is 665 g/mol. The summed E-state index contributed by atoms with van der Waals surface area (Å²) in [6.45, 7) is 6.33. The van der Waals surface area contributed by atoms with E-state index in [9.17, 15) is 38.4 Å². The number of hydrogen-bond donors (Lipinski definition) is 0. The monoisotopic (exact) mass is 664 g/mol. The second-order valence-electron chi connectivity index (χ2n) is 9.88. The highest BCUT2D eigenvalue weighted by Gasteiger charge is 2.57. The maximum Gasteiger partial charge on any atom is 0.339 e. The van der Waals surface area contributed by atoms with Crippen molar-refractivity contribution in [1.29, 1.82) is 0 Å². The molecule has 2 rings (SSSR count). The molecule has 0 saturated carbocycles. The fraction of sp³-hybridized carbons (Fsp3) is 0.704. The van der Waals surface area contributed by atoms with Crippen LogP contribution in [0.2, 0.25) is 0 Å². The van der Waals surface area contributed by atoms with E-state index < -0.39 is 116 Å². The Kier molecular flexibility index (Phi) is 13.8. The van der Waals surface area contributed by atoms with Gasteiger partial charge in [-0.05, 0) is 0 Å². The molecule has 2 fully saturated rings. The summed E-state index contributed by atoms with van der Waals surface area (Å²) in [7, 11) is 0.995. The topological polar surface area (TPSA) is 238 Å². The van der Waals surface area contributed by atoms with E-state index >= 15 is 0 Å². The number of hydrogen-bond acceptors (Lipinski definition) is 19. The van der Waals surface area contributed by atoms with Gasteiger partial charge in [0, 0.05) is 48.5 Å². The van der Waals surface area contributed by atoms with Crippen LogP contribution in [0.4, 0.5) is 0 Å². The van der Waals surface area contributed by atoms with Crippen LogP contribution in [0.5, 0.6) is 0 Å². The summed E-state index contributed by atoms with van der Waals surface area (Å²) in [5.74, 6) is -7.49. The fourth-order valence-electron chi connectivity index (χ4n) is 4.65. The van der Waals surface area contributed by atoms with Crippen molar-refractivity contribution in [3.8, 4) is 0 Å². The Morgan fingerprint density at radius 1 is 0.457 bits per heavy atom. The smallest absolute Gasteiger partial charge is 0.339 e. The van der Waals surface area contributed by atoms with Crippen LogP contribution in [0.3, 0.4) is 0 Å². The zero-order chi connectivity index (χ0) is 34.9. The molecule has 0 aromatic carbocycles. The van der Waals surface area contributed by atoms with Gasteiger partial charge < -0.3 is 52.1 Å². The minimum Gasteiger partial charge on any atom is -0.467 e. The largest absolute Gasteiger partial charge is 0.467 e. The van der Waals surface area contributed by atoms with Gasteiger partial charge in [-0.3, -0.25) is 33.6 Å². The van der Waals surface area contributed by atoms with Crippen LogP contribution in [0, 0.1) is 0 Å². The second kappa shape index (κ2) is 16.8. The number of rotatable bonds is 11. The lowest BCUT2D eigenvalue weighted by molar-refractivity contribution is -0.327. The van der Waals surface area contributed by atoms with Crippen molar-refractivity contribution in [3.63, 3.8) is 0 Å². The molecule has 10 atom stereocenters. The first-order valence-electron chi connectivity index (χ1n) is 13.7. The molecule has 0 N–H and O–H groups in total. The molecule has 2 heterocycles. The molecule has 0 radical (unpaired) electrons. The maximum absolute atomic E-state index is 12.7. The first-order chi connectivity index (χ1) is 21.4. The van der Waals surface area contributed by atoms with Crippen molar-refractivity contribution >= 4 is 47.8 Å². The van der Waals surface area contributed by atoms with Gasteiger partial charge in [-0.25, -0.2) is 4.79 Å². The van der Waals surface area contributed by atoms with Crippen LogP contribution in [-0.2, 0) is 90.5 Å². The molecule has 2 aliphatic rings. The molecule has 0 aromatic heterocycles. The van der Waals surface area contributed by atoms with Crippen LogP contribution in [0.1, 0.15) is 48.5 Å². The van der Waals surface area contributed by atoms with Crippen molar-refractivity contribution in [2.75, 3.05) is 13.7 Å². The van der Waals surface area contributed by atoms with Crippen molar-refractivity contribution in [2.24, 2.45) is 0 Å². The van der Waals surface area contributed by atoms with E-state index in [1.807, 2.05) is 0 Å². The molecule has 0 amide bonds. The molecule has 46 heavy (non-hydrogen) atoms. The summed E-state index contributed by atoms with van der Waals surface area (Å²) < 4.78 is 58.8. The van der Waals surface area contributed by atoms with Gasteiger partial charge in [0.2, 0.25) is 12.4 Å². The molecule has 1 unspecified atom stereocenters. The number of methoxy groups -OCH3 is 1. The van der Waals surface area contributed by atoms with Gasteiger partial charge in [-0.1, -0.05) is 0 Å². The third-order valence-electron chi connectivity index (χ3n) is 6.04. The van der Waals surface area contributed by atoms with Gasteiger partial charge >= 0.3 is 47.8 Å². The van der Waals surface area contributed by atoms with E-state index in [0.29, 0.717) is 0 Å². The third-order valence-corrected chi connectivity index (χ3v) is 6.04. The van der Waals surface area contributed by atoms with Crippen LogP contribution in [-0.4, -0.2) is 123 Å². The minimum atomic E-state index is -1.80. The molecule has 0 spiro atoms. The predicted octanol–water partition coefficient (Wildman–Crippen LogP) is -1.22. The van der Waals surface area contributed by atoms with E-state index in [-0.39, 0.29) is 0 Å². The Balaban J connectivity index is 2.58. The molecule has 0 aliphatic carbocycles. The number of esters is 8. The summed E-state index contributed by atoms with van der Waals surface area (Å²) in [5.41, 5.74) is 0. The molecule has 19 nitrogen and oxygen atoms in total. The zero-order valence-electron chi connectivity index (χ0n) is 26.2. The Labute approximate surface area is 262 Å². The highest BCUT2D eigenvalue weighted by Crippen LogP contribution is 2.33. The van der Waals surface area contributed by atoms with Crippen molar-refractivity contribution in [2.45, 2.75) is 110 Å². The molecule has 2 aliphatic heterocycles. The van der Waals surface area contributed by atoms with Gasteiger partial charge in [0.15, 0.2) is 42.9 Å². The van der Waals surface area contributed by atoms with Crippen molar-refractivity contribution in [1.82, 2.24) is 0 Å². The summed E-state index contributed by atoms with van der Waals surface area (Å²) >= 11 is 0. The van der Waals surface area contributed by atoms with Gasteiger partial charge in [-0.15, -0.1) is 0 Å². The first kappa shape index (κ1) is 37.8. The Morgan fingerprint density at radius 2 is 0.826 bits per heavy atom. The summed E-state index contributed by atoms with van der Waals surface area (Å²) in [6, 6.07) is 0. The Bertz CT molecular complexity index is 1180. The minimum absolute atomic E-state index is 0.721. The molecule has 19 heteroatoms. The summed E-state index contributed by atoms with van der Waals surface area (Å²) in [5, 5.41) is 0. The first-order valence-corrected chi connectivity index (χ1v) is 13.7. The number of carbonyl (C=O) groups is 8. The highest BCUT2D eigenvalue weighted by molar-refractivity contribution is 5.77. The van der Waals surface area contributed by atoms with Crippen LogP contribution < -0.4 is 0 Å². The lowest BCUT2D eigenvalue weighted by Gasteiger charge is -2.45. The Morgan fingerprint density at radius 3 is 1.26 bits per heavy atom. The third kappa shape index (κ3) is 10.6. The average Bonchev–Trinajstić information content (AvgIpc) is 2.91. The zero-order valence-corrected chi connectivity index (χ0v) is 26.2. The van der Waals surface area contributed by atoms with E-state index in [1.165, 1.54) is 0 Å². The molecule has 0 bridgehead atoms. The maximum atomic E-state index is 12.7. The Hall–Kier alpha value is -4.36. The van der Waals surface area contributed by atoms with E-state index in [1.54, 1.807) is 0 Å². The molecular weight excluding hydrogens is 628 g/mol. The summed E-state index contributed by atoms with van der Waals surface area (Å²) in [4.78, 5) is 96.7. The lowest BCUT2D eigenvalue weighted by Crippen LogP contribution is -2.65. The second-order valence-corrected chi connectivity index (χ2v) is 9.88. The van der Waals surface area contributed by atoms with Crippen molar-refractivity contribution in [3.05, 3.63) is 0 Å². The SMILES string of the molecule is COC(=O)[C@H]1O[C@@H](OC[C@H]2OC(OC(C)=O)[C@H](OC(C)=O)[C@@H](OC(C)=O)[C@H]2OC(C)=O)[C@H](OC(C)=O)[C@@H](OC(C)=O)[C@@H]1OC(C)=O. The molecular formula is C27H36O19. The lowest BCUT2D eigenvalue weighted by atomic mass is 9.97. The van der Waals surface area contributed by atoms with E-state index in [2.05, 4.69) is 0 Å². The van der Waals surface area contributed by atoms with E-state index in [0.717, 1.165) is 55.6 Å². The van der Waals surface area contributed by atoms with Crippen molar-refractivity contribution < 1.29 is 90.5 Å².